The Hall–Kier alpha value is -0.840. The second kappa shape index (κ2) is 4.44. The fraction of sp³-hybridized carbons (Fsp3) is 0.750. The zero-order valence-electron chi connectivity index (χ0n) is 11.2. The van der Waals surface area contributed by atoms with E-state index in [4.69, 9.17) is 5.73 Å². The molecule has 5 heteroatoms. The van der Waals surface area contributed by atoms with E-state index < -0.39 is 0 Å². The zero-order valence-corrected chi connectivity index (χ0v) is 12.0. The first-order valence-electron chi connectivity index (χ1n) is 6.15. The highest BCUT2D eigenvalue weighted by atomic mass is 32.2. The van der Waals surface area contributed by atoms with Gasteiger partial charge in [-0.05, 0) is 20.3 Å². The predicted molar refractivity (Wildman–Crippen MR) is 75.7 cm³/mol. The number of hydrogen-bond acceptors (Lipinski definition) is 4. The van der Waals surface area contributed by atoms with Crippen molar-refractivity contribution in [1.29, 1.82) is 0 Å². The molecular weight excluding hydrogens is 232 g/mol. The topological polar surface area (TPSA) is 47.1 Å². The maximum atomic E-state index is 6.20. The van der Waals surface area contributed by atoms with E-state index in [9.17, 15) is 0 Å². The van der Waals surface area contributed by atoms with Crippen molar-refractivity contribution < 1.29 is 0 Å². The van der Waals surface area contributed by atoms with E-state index in [1.54, 1.807) is 0 Å². The maximum absolute atomic E-state index is 6.20. The van der Waals surface area contributed by atoms with Crippen molar-refractivity contribution in [2.45, 2.75) is 31.9 Å². The van der Waals surface area contributed by atoms with Crippen molar-refractivity contribution in [3.63, 3.8) is 0 Å². The predicted octanol–water partition coefficient (Wildman–Crippen LogP) is 1.90. The summed E-state index contributed by atoms with van der Waals surface area (Å²) in [4.78, 5) is 2.37. The van der Waals surface area contributed by atoms with Gasteiger partial charge < -0.3 is 10.6 Å². The maximum Gasteiger partial charge on any atom is 0.150 e. The minimum absolute atomic E-state index is 0.293. The van der Waals surface area contributed by atoms with Crippen LogP contribution in [0.1, 0.15) is 26.5 Å². The third-order valence-electron chi connectivity index (χ3n) is 3.19. The molecule has 1 aromatic rings. The van der Waals surface area contributed by atoms with Crippen LogP contribution in [0, 0.1) is 0 Å². The lowest BCUT2D eigenvalue weighted by Gasteiger charge is -2.38. The highest BCUT2D eigenvalue weighted by molar-refractivity contribution is 8.00. The van der Waals surface area contributed by atoms with Gasteiger partial charge in [-0.3, -0.25) is 4.68 Å². The van der Waals surface area contributed by atoms with Crippen LogP contribution in [0.5, 0.6) is 0 Å². The lowest BCUT2D eigenvalue weighted by molar-refractivity contribution is 0.621. The number of nitrogens with two attached hydrogens (primary N) is 1. The second-order valence-electron chi connectivity index (χ2n) is 5.19. The van der Waals surface area contributed by atoms with E-state index in [1.807, 2.05) is 23.5 Å². The van der Waals surface area contributed by atoms with E-state index in [0.29, 0.717) is 4.75 Å². The van der Waals surface area contributed by atoms with Crippen molar-refractivity contribution in [2.75, 3.05) is 29.5 Å². The number of nitrogen functional groups attached to an aromatic ring is 1. The Morgan fingerprint density at radius 2 is 2.18 bits per heavy atom. The van der Waals surface area contributed by atoms with Crippen molar-refractivity contribution in [3.05, 3.63) is 5.69 Å². The number of aryl methyl sites for hydroxylation is 2. The summed E-state index contributed by atoms with van der Waals surface area (Å²) in [6.45, 7) is 8.76. The number of rotatable bonds is 2. The van der Waals surface area contributed by atoms with Gasteiger partial charge >= 0.3 is 0 Å². The molecule has 0 radical (unpaired) electrons. The van der Waals surface area contributed by atoms with Crippen molar-refractivity contribution in [3.8, 4) is 0 Å². The van der Waals surface area contributed by atoms with Gasteiger partial charge in [-0.25, -0.2) is 0 Å². The van der Waals surface area contributed by atoms with E-state index in [1.165, 1.54) is 0 Å². The van der Waals surface area contributed by atoms with Crippen LogP contribution in [0.25, 0.3) is 0 Å². The lowest BCUT2D eigenvalue weighted by Crippen LogP contribution is -2.44. The molecule has 0 unspecified atom stereocenters. The average Bonchev–Trinajstić information content (AvgIpc) is 2.52. The Balaban J connectivity index is 2.30. The summed E-state index contributed by atoms with van der Waals surface area (Å²) >= 11 is 2.03. The van der Waals surface area contributed by atoms with Gasteiger partial charge in [0, 0.05) is 30.6 Å². The third-order valence-corrected chi connectivity index (χ3v) is 4.49. The Morgan fingerprint density at radius 3 is 2.71 bits per heavy atom. The first-order chi connectivity index (χ1) is 7.94. The molecule has 0 aromatic carbocycles. The minimum Gasteiger partial charge on any atom is -0.394 e. The number of hydrogen-bond donors (Lipinski definition) is 1. The Morgan fingerprint density at radius 1 is 1.47 bits per heavy atom. The molecule has 2 heterocycles. The fourth-order valence-corrected chi connectivity index (χ4v) is 3.53. The molecular formula is C12H22N4S. The number of thioether (sulfide) groups is 1. The molecule has 17 heavy (non-hydrogen) atoms. The van der Waals surface area contributed by atoms with Gasteiger partial charge in [0.05, 0.1) is 11.4 Å². The molecule has 1 aliphatic heterocycles. The molecule has 4 nitrogen and oxygen atoms in total. The molecule has 1 aromatic heterocycles. The van der Waals surface area contributed by atoms with Crippen LogP contribution < -0.4 is 10.6 Å². The minimum atomic E-state index is 0.293. The molecule has 0 bridgehead atoms. The van der Waals surface area contributed by atoms with Gasteiger partial charge in [0.15, 0.2) is 0 Å². The summed E-state index contributed by atoms with van der Waals surface area (Å²) in [7, 11) is 1.99. The van der Waals surface area contributed by atoms with Crippen LogP contribution in [0.15, 0.2) is 0 Å². The standard InChI is InChI=1S/C12H22N4S/c1-5-9-10(13)11(15(4)14-9)16-6-7-17-12(2,3)8-16/h5-8,13H2,1-4H3. The molecule has 0 spiro atoms. The molecule has 1 fully saturated rings. The van der Waals surface area contributed by atoms with Crippen LogP contribution in [-0.2, 0) is 13.5 Å². The number of anilines is 2. The molecule has 1 saturated heterocycles. The summed E-state index contributed by atoms with van der Waals surface area (Å²) in [6.07, 6.45) is 0.895. The highest BCUT2D eigenvalue weighted by Gasteiger charge is 2.30. The molecule has 0 amide bonds. The first kappa shape index (κ1) is 12.6. The summed E-state index contributed by atoms with van der Waals surface area (Å²) < 4.78 is 2.22. The van der Waals surface area contributed by atoms with Gasteiger partial charge in [0.25, 0.3) is 0 Å². The normalized spacial score (nSPS) is 19.6. The average molecular weight is 254 g/mol. The van der Waals surface area contributed by atoms with E-state index in [0.717, 1.165) is 42.5 Å². The molecule has 2 N–H and O–H groups in total. The number of nitrogens with zero attached hydrogens (tertiary/aromatic N) is 3. The van der Waals surface area contributed by atoms with E-state index in [-0.39, 0.29) is 0 Å². The summed E-state index contributed by atoms with van der Waals surface area (Å²) in [6, 6.07) is 0. The quantitative estimate of drug-likeness (QED) is 0.875. The first-order valence-corrected chi connectivity index (χ1v) is 7.13. The highest BCUT2D eigenvalue weighted by Crippen LogP contribution is 2.35. The smallest absolute Gasteiger partial charge is 0.150 e. The molecule has 96 valence electrons. The Bertz CT molecular complexity index is 411. The van der Waals surface area contributed by atoms with Crippen molar-refractivity contribution in [1.82, 2.24) is 9.78 Å². The molecule has 1 aliphatic rings. The van der Waals surface area contributed by atoms with Gasteiger partial charge in [-0.15, -0.1) is 0 Å². The van der Waals surface area contributed by atoms with Gasteiger partial charge in [0.2, 0.25) is 0 Å². The molecule has 2 rings (SSSR count). The zero-order chi connectivity index (χ0) is 12.6. The van der Waals surface area contributed by atoms with E-state index >= 15 is 0 Å². The second-order valence-corrected chi connectivity index (χ2v) is 6.99. The van der Waals surface area contributed by atoms with Crippen LogP contribution in [-0.4, -0.2) is 33.4 Å². The summed E-state index contributed by atoms with van der Waals surface area (Å²) in [5.74, 6) is 2.24. The van der Waals surface area contributed by atoms with Crippen LogP contribution in [0.3, 0.4) is 0 Å². The lowest BCUT2D eigenvalue weighted by atomic mass is 10.2. The van der Waals surface area contributed by atoms with Gasteiger partial charge in [-0.1, -0.05) is 6.92 Å². The van der Waals surface area contributed by atoms with Crippen molar-refractivity contribution in [2.24, 2.45) is 7.05 Å². The molecule has 0 atom stereocenters. The van der Waals surface area contributed by atoms with E-state index in [2.05, 4.69) is 30.8 Å². The fourth-order valence-electron chi connectivity index (χ4n) is 2.42. The molecule has 0 aliphatic carbocycles. The molecule has 0 saturated carbocycles. The monoisotopic (exact) mass is 254 g/mol. The van der Waals surface area contributed by atoms with Gasteiger partial charge in [0.1, 0.15) is 5.82 Å². The van der Waals surface area contributed by atoms with Crippen LogP contribution in [0.2, 0.25) is 0 Å². The Labute approximate surface area is 108 Å². The van der Waals surface area contributed by atoms with Crippen LogP contribution >= 0.6 is 11.8 Å². The Kier molecular flexibility index (Phi) is 3.30. The van der Waals surface area contributed by atoms with Gasteiger partial charge in [-0.2, -0.15) is 16.9 Å². The third kappa shape index (κ3) is 2.39. The van der Waals surface area contributed by atoms with Crippen molar-refractivity contribution >= 4 is 23.3 Å². The van der Waals surface area contributed by atoms with Crippen LogP contribution in [0.4, 0.5) is 11.5 Å². The summed E-state index contributed by atoms with van der Waals surface area (Å²) in [5, 5.41) is 4.49. The number of aromatic nitrogens is 2. The summed E-state index contributed by atoms with van der Waals surface area (Å²) in [5.41, 5.74) is 8.07. The SMILES string of the molecule is CCc1nn(C)c(N2CCSC(C)(C)C2)c1N. The largest absolute Gasteiger partial charge is 0.394 e.